The normalized spacial score (nSPS) is 16.9. The predicted molar refractivity (Wildman–Crippen MR) is 112 cm³/mol. The van der Waals surface area contributed by atoms with Crippen molar-refractivity contribution in [1.29, 1.82) is 0 Å². The van der Waals surface area contributed by atoms with Gasteiger partial charge < -0.3 is 14.6 Å². The van der Waals surface area contributed by atoms with Crippen LogP contribution in [0.25, 0.3) is 5.65 Å². The topological polar surface area (TPSA) is 92.6 Å². The number of aromatic amines is 1. The van der Waals surface area contributed by atoms with Gasteiger partial charge in [0, 0.05) is 30.9 Å². The molecular weight excluding hydrogens is 439 g/mol. The third kappa shape index (κ3) is 4.07. The number of H-pyrrole nitrogens is 1. The number of nitrogens with one attached hydrogen (secondary N) is 1. The van der Waals surface area contributed by atoms with Gasteiger partial charge in [0.05, 0.1) is 18.2 Å². The first-order valence-electron chi connectivity index (χ1n) is 10.7. The van der Waals surface area contributed by atoms with Crippen molar-refractivity contribution in [3.63, 3.8) is 0 Å². The van der Waals surface area contributed by atoms with Gasteiger partial charge in [0.1, 0.15) is 11.5 Å². The summed E-state index contributed by atoms with van der Waals surface area (Å²) in [6, 6.07) is 2.26. The number of fused-ring (bicyclic) bond motifs is 1. The molecule has 11 heteroatoms. The summed E-state index contributed by atoms with van der Waals surface area (Å²) in [6.07, 6.45) is -1.64. The maximum atomic E-state index is 13.3. The van der Waals surface area contributed by atoms with Gasteiger partial charge in [-0.2, -0.15) is 13.2 Å². The highest BCUT2D eigenvalue weighted by molar-refractivity contribution is 6.00. The lowest BCUT2D eigenvalue weighted by Crippen LogP contribution is -2.40. The van der Waals surface area contributed by atoms with Crippen LogP contribution in [0.5, 0.6) is 0 Å². The van der Waals surface area contributed by atoms with E-state index >= 15 is 0 Å². The Hall–Kier alpha value is -3.37. The van der Waals surface area contributed by atoms with Gasteiger partial charge in [0.2, 0.25) is 0 Å². The van der Waals surface area contributed by atoms with Gasteiger partial charge in [-0.05, 0) is 43.9 Å². The first kappa shape index (κ1) is 22.8. The lowest BCUT2D eigenvalue weighted by molar-refractivity contribution is -0.137. The summed E-state index contributed by atoms with van der Waals surface area (Å²) in [5.74, 6) is -0.665. The van der Waals surface area contributed by atoms with E-state index in [4.69, 9.17) is 4.74 Å². The summed E-state index contributed by atoms with van der Waals surface area (Å²) in [7, 11) is 1.29. The molecule has 1 atom stereocenters. The summed E-state index contributed by atoms with van der Waals surface area (Å²) < 4.78 is 45.8. The zero-order chi connectivity index (χ0) is 23.9. The maximum absolute atomic E-state index is 13.3. The highest BCUT2D eigenvalue weighted by atomic mass is 19.4. The third-order valence-electron chi connectivity index (χ3n) is 6.11. The number of ether oxygens (including phenoxy) is 1. The number of aromatic nitrogens is 4. The molecule has 0 aromatic carbocycles. The van der Waals surface area contributed by atoms with Crippen molar-refractivity contribution >= 4 is 17.5 Å². The van der Waals surface area contributed by atoms with Crippen LogP contribution in [0.1, 0.15) is 69.2 Å². The number of aryl methyl sites for hydroxylation is 1. The van der Waals surface area contributed by atoms with Crippen LogP contribution >= 0.6 is 0 Å². The number of carbonyl (C=O) groups excluding carboxylic acids is 2. The fourth-order valence-electron chi connectivity index (χ4n) is 4.40. The molecule has 0 bridgehead atoms. The molecule has 4 rings (SSSR count). The molecule has 1 N–H and O–H groups in total. The summed E-state index contributed by atoms with van der Waals surface area (Å²) in [5, 5.41) is 8.13. The molecule has 176 valence electrons. The molecule has 1 saturated heterocycles. The van der Waals surface area contributed by atoms with E-state index in [1.54, 1.807) is 11.8 Å². The molecule has 1 fully saturated rings. The number of methoxy groups -OCH3 is 1. The molecule has 3 aromatic rings. The Balaban J connectivity index is 1.63. The molecule has 1 amide bonds. The number of hydrogen-bond acceptors (Lipinski definition) is 5. The van der Waals surface area contributed by atoms with Gasteiger partial charge in [-0.25, -0.2) is 4.79 Å². The maximum Gasteiger partial charge on any atom is 0.417 e. The van der Waals surface area contributed by atoms with Crippen LogP contribution < -0.4 is 0 Å². The van der Waals surface area contributed by atoms with E-state index < -0.39 is 17.7 Å². The Morgan fingerprint density at radius 2 is 2.03 bits per heavy atom. The van der Waals surface area contributed by atoms with Gasteiger partial charge in [0.15, 0.2) is 5.65 Å². The summed E-state index contributed by atoms with van der Waals surface area (Å²) in [5.41, 5.74) is 1.35. The first-order chi connectivity index (χ1) is 15.7. The van der Waals surface area contributed by atoms with Crippen LogP contribution in [-0.4, -0.2) is 56.6 Å². The third-order valence-corrected chi connectivity index (χ3v) is 6.11. The minimum atomic E-state index is -4.48. The van der Waals surface area contributed by atoms with Gasteiger partial charge in [0.25, 0.3) is 5.91 Å². The van der Waals surface area contributed by atoms with Crippen molar-refractivity contribution in [3.05, 3.63) is 52.2 Å². The summed E-state index contributed by atoms with van der Waals surface area (Å²) >= 11 is 0. The molecule has 0 saturated carbocycles. The number of likely N-dealkylation sites (tertiary alicyclic amines) is 1. The molecule has 33 heavy (non-hydrogen) atoms. The van der Waals surface area contributed by atoms with Gasteiger partial charge in [-0.15, -0.1) is 10.2 Å². The van der Waals surface area contributed by atoms with Crippen molar-refractivity contribution in [1.82, 2.24) is 24.5 Å². The van der Waals surface area contributed by atoms with Crippen LogP contribution in [0.3, 0.4) is 0 Å². The smallest absolute Gasteiger partial charge is 0.417 e. The number of pyridine rings is 1. The minimum absolute atomic E-state index is 0.271. The lowest BCUT2D eigenvalue weighted by atomic mass is 9.96. The van der Waals surface area contributed by atoms with Crippen molar-refractivity contribution in [2.24, 2.45) is 0 Å². The summed E-state index contributed by atoms with van der Waals surface area (Å²) in [6.45, 7) is 4.34. The van der Waals surface area contributed by atoms with E-state index in [-0.39, 0.29) is 18.4 Å². The van der Waals surface area contributed by atoms with Gasteiger partial charge in [-0.1, -0.05) is 6.92 Å². The SMILES string of the molecule is CCc1[nH]c(C(=O)N2CCCC(c3nnc4ccc(C(F)(F)F)cn34)C2)c(C)c1C(=O)OC. The summed E-state index contributed by atoms with van der Waals surface area (Å²) in [4.78, 5) is 30.2. The molecule has 8 nitrogen and oxygen atoms in total. The molecular formula is C22H24F3N5O3. The monoisotopic (exact) mass is 463 g/mol. The highest BCUT2D eigenvalue weighted by Gasteiger charge is 2.34. The Morgan fingerprint density at radius 1 is 1.27 bits per heavy atom. The van der Waals surface area contributed by atoms with E-state index in [0.717, 1.165) is 12.3 Å². The predicted octanol–water partition coefficient (Wildman–Crippen LogP) is 3.75. The second-order valence-electron chi connectivity index (χ2n) is 8.12. The first-order valence-corrected chi connectivity index (χ1v) is 10.7. The van der Waals surface area contributed by atoms with Crippen molar-refractivity contribution in [2.75, 3.05) is 20.2 Å². The van der Waals surface area contributed by atoms with Crippen LogP contribution in [-0.2, 0) is 17.3 Å². The van der Waals surface area contributed by atoms with E-state index in [0.29, 0.717) is 59.8 Å². The second-order valence-corrected chi connectivity index (χ2v) is 8.12. The Kier molecular flexibility index (Phi) is 5.89. The number of nitrogens with zero attached hydrogens (tertiary/aromatic N) is 4. The number of rotatable bonds is 4. The van der Waals surface area contributed by atoms with E-state index in [9.17, 15) is 22.8 Å². The van der Waals surface area contributed by atoms with Gasteiger partial charge >= 0.3 is 12.1 Å². The quantitative estimate of drug-likeness (QED) is 0.595. The van der Waals surface area contributed by atoms with E-state index in [1.165, 1.54) is 17.6 Å². The number of halogens is 3. The number of esters is 1. The highest BCUT2D eigenvalue weighted by Crippen LogP contribution is 2.32. The Labute approximate surface area is 187 Å². The number of carbonyl (C=O) groups is 2. The van der Waals surface area contributed by atoms with Crippen molar-refractivity contribution in [2.45, 2.75) is 45.2 Å². The molecule has 0 spiro atoms. The molecule has 3 aromatic heterocycles. The van der Waals surface area contributed by atoms with Crippen LogP contribution in [0.4, 0.5) is 13.2 Å². The largest absolute Gasteiger partial charge is 0.465 e. The molecule has 0 aliphatic carbocycles. The van der Waals surface area contributed by atoms with Gasteiger partial charge in [-0.3, -0.25) is 9.20 Å². The molecule has 1 unspecified atom stereocenters. The number of piperidine rings is 1. The van der Waals surface area contributed by atoms with Crippen molar-refractivity contribution in [3.8, 4) is 0 Å². The van der Waals surface area contributed by atoms with Crippen LogP contribution in [0.2, 0.25) is 0 Å². The fourth-order valence-corrected chi connectivity index (χ4v) is 4.40. The zero-order valence-corrected chi connectivity index (χ0v) is 18.5. The number of amides is 1. The van der Waals surface area contributed by atoms with E-state index in [1.807, 2.05) is 6.92 Å². The molecule has 0 radical (unpaired) electrons. The zero-order valence-electron chi connectivity index (χ0n) is 18.5. The van der Waals surface area contributed by atoms with Crippen LogP contribution in [0.15, 0.2) is 18.3 Å². The minimum Gasteiger partial charge on any atom is -0.465 e. The fraction of sp³-hybridized carbons (Fsp3) is 0.455. The Bertz CT molecular complexity index is 1210. The Morgan fingerprint density at radius 3 is 2.70 bits per heavy atom. The molecule has 1 aliphatic rings. The average Bonchev–Trinajstić information content (AvgIpc) is 3.38. The standard InChI is InChI=1S/C22H24F3N5O3/c1-4-15-17(21(32)33-3)12(2)18(26-15)20(31)29-9-5-6-13(10-29)19-28-27-16-8-7-14(11-30(16)19)22(23,24)25/h7-8,11,13,26H,4-6,9-10H2,1-3H3. The number of hydrogen-bond donors (Lipinski definition) is 1. The van der Waals surface area contributed by atoms with Crippen LogP contribution in [0, 0.1) is 6.92 Å². The molecule has 4 heterocycles. The second kappa shape index (κ2) is 8.53. The lowest BCUT2D eigenvalue weighted by Gasteiger charge is -2.32. The average molecular weight is 463 g/mol. The van der Waals surface area contributed by atoms with Crippen molar-refractivity contribution < 1.29 is 27.5 Å². The van der Waals surface area contributed by atoms with E-state index in [2.05, 4.69) is 15.2 Å². The number of alkyl halides is 3. The molecule has 1 aliphatic heterocycles.